The summed E-state index contributed by atoms with van der Waals surface area (Å²) >= 11 is 0. The van der Waals surface area contributed by atoms with E-state index in [4.69, 9.17) is 0 Å². The van der Waals surface area contributed by atoms with Gasteiger partial charge in [-0.05, 0) is 17.5 Å². The fourth-order valence-corrected chi connectivity index (χ4v) is 2.72. The third-order valence-corrected chi connectivity index (χ3v) is 3.90. The second-order valence-electron chi connectivity index (χ2n) is 5.19. The summed E-state index contributed by atoms with van der Waals surface area (Å²) in [6.45, 7) is 1.20. The van der Waals surface area contributed by atoms with Crippen molar-refractivity contribution in [1.82, 2.24) is 14.5 Å². The summed E-state index contributed by atoms with van der Waals surface area (Å²) in [5.74, 6) is 0.115. The van der Waals surface area contributed by atoms with Crippen molar-refractivity contribution in [3.63, 3.8) is 0 Å². The van der Waals surface area contributed by atoms with E-state index < -0.39 is 12.0 Å². The zero-order valence-electron chi connectivity index (χ0n) is 11.4. The van der Waals surface area contributed by atoms with Gasteiger partial charge in [0, 0.05) is 26.0 Å². The van der Waals surface area contributed by atoms with Crippen molar-refractivity contribution in [1.29, 1.82) is 0 Å². The summed E-state index contributed by atoms with van der Waals surface area (Å²) in [6, 6.07) is 7.56. The van der Waals surface area contributed by atoms with Gasteiger partial charge in [-0.1, -0.05) is 24.3 Å². The van der Waals surface area contributed by atoms with E-state index in [9.17, 15) is 9.90 Å². The van der Waals surface area contributed by atoms with Gasteiger partial charge in [-0.25, -0.2) is 4.98 Å². The minimum atomic E-state index is -0.770. The smallest absolute Gasteiger partial charge is 0.321 e. The Kier molecular flexibility index (Phi) is 3.28. The number of benzene rings is 1. The van der Waals surface area contributed by atoms with Crippen molar-refractivity contribution in [2.45, 2.75) is 25.6 Å². The Hall–Kier alpha value is -2.14. The molecule has 0 spiro atoms. The van der Waals surface area contributed by atoms with E-state index in [1.54, 1.807) is 6.20 Å². The van der Waals surface area contributed by atoms with E-state index >= 15 is 0 Å². The highest BCUT2D eigenvalue weighted by Crippen LogP contribution is 2.24. The van der Waals surface area contributed by atoms with E-state index in [1.165, 1.54) is 5.56 Å². The molecule has 0 saturated carbocycles. The number of aliphatic carboxylic acids is 1. The lowest BCUT2D eigenvalue weighted by Crippen LogP contribution is -2.45. The average Bonchev–Trinajstić information content (AvgIpc) is 2.83. The number of carbonyl (C=O) groups is 1. The molecule has 1 aromatic carbocycles. The molecule has 0 amide bonds. The first-order valence-corrected chi connectivity index (χ1v) is 6.65. The number of aryl methyl sites for hydroxylation is 1. The van der Waals surface area contributed by atoms with E-state index in [0.29, 0.717) is 19.5 Å². The second-order valence-corrected chi connectivity index (χ2v) is 5.19. The van der Waals surface area contributed by atoms with Crippen LogP contribution in [0.5, 0.6) is 0 Å². The summed E-state index contributed by atoms with van der Waals surface area (Å²) in [5.41, 5.74) is 2.34. The van der Waals surface area contributed by atoms with Gasteiger partial charge in [0.2, 0.25) is 0 Å². The van der Waals surface area contributed by atoms with E-state index in [1.807, 2.05) is 40.9 Å². The molecule has 1 aliphatic heterocycles. The number of rotatable bonds is 3. The second kappa shape index (κ2) is 5.09. The lowest BCUT2D eigenvalue weighted by molar-refractivity contribution is -0.144. The molecule has 5 nitrogen and oxygen atoms in total. The van der Waals surface area contributed by atoms with Crippen molar-refractivity contribution in [3.05, 3.63) is 53.6 Å². The van der Waals surface area contributed by atoms with Crippen LogP contribution in [0.3, 0.4) is 0 Å². The molecule has 1 atom stereocenters. The van der Waals surface area contributed by atoms with Crippen molar-refractivity contribution in [2.24, 2.45) is 7.05 Å². The van der Waals surface area contributed by atoms with Crippen LogP contribution in [0, 0.1) is 0 Å². The normalized spacial score (nSPS) is 18.8. The van der Waals surface area contributed by atoms with Gasteiger partial charge in [-0.15, -0.1) is 0 Å². The van der Waals surface area contributed by atoms with E-state index in [-0.39, 0.29) is 0 Å². The number of hydrogen-bond donors (Lipinski definition) is 1. The van der Waals surface area contributed by atoms with Gasteiger partial charge < -0.3 is 9.67 Å². The van der Waals surface area contributed by atoms with Crippen LogP contribution in [-0.2, 0) is 31.4 Å². The molecule has 2 heterocycles. The van der Waals surface area contributed by atoms with E-state index in [2.05, 4.69) is 11.1 Å². The lowest BCUT2D eigenvalue weighted by atomic mass is 9.94. The molecule has 0 bridgehead atoms. The Morgan fingerprint density at radius 2 is 2.15 bits per heavy atom. The fourth-order valence-electron chi connectivity index (χ4n) is 2.72. The molecule has 0 fully saturated rings. The largest absolute Gasteiger partial charge is 0.480 e. The molecule has 104 valence electrons. The minimum Gasteiger partial charge on any atom is -0.480 e. The summed E-state index contributed by atoms with van der Waals surface area (Å²) < 4.78 is 1.93. The molecule has 1 aliphatic rings. The Labute approximate surface area is 117 Å². The first-order chi connectivity index (χ1) is 9.65. The number of hydrogen-bond acceptors (Lipinski definition) is 3. The highest BCUT2D eigenvalue weighted by molar-refractivity contribution is 5.74. The third-order valence-electron chi connectivity index (χ3n) is 3.90. The molecule has 1 aromatic heterocycles. The van der Waals surface area contributed by atoms with E-state index in [0.717, 1.165) is 11.4 Å². The predicted octanol–water partition coefficient (Wildman–Crippen LogP) is 1.43. The Morgan fingerprint density at radius 3 is 2.80 bits per heavy atom. The Balaban J connectivity index is 1.89. The lowest BCUT2D eigenvalue weighted by Gasteiger charge is -2.34. The predicted molar refractivity (Wildman–Crippen MR) is 74.0 cm³/mol. The molecule has 0 saturated heterocycles. The summed E-state index contributed by atoms with van der Waals surface area (Å²) in [7, 11) is 1.93. The number of fused-ring (bicyclic) bond motifs is 1. The first kappa shape index (κ1) is 12.9. The molecule has 20 heavy (non-hydrogen) atoms. The molecule has 5 heteroatoms. The highest BCUT2D eigenvalue weighted by Gasteiger charge is 2.31. The topological polar surface area (TPSA) is 58.4 Å². The van der Waals surface area contributed by atoms with Crippen LogP contribution in [0.1, 0.15) is 17.0 Å². The SMILES string of the molecule is Cn1ccnc1CN1Cc2ccccc2C[C@H]1C(=O)O. The summed E-state index contributed by atoms with van der Waals surface area (Å²) in [4.78, 5) is 17.8. The molecule has 0 unspecified atom stereocenters. The van der Waals surface area contributed by atoms with Crippen molar-refractivity contribution in [2.75, 3.05) is 0 Å². The number of aromatic nitrogens is 2. The van der Waals surface area contributed by atoms with Crippen LogP contribution in [-0.4, -0.2) is 31.6 Å². The van der Waals surface area contributed by atoms with Crippen LogP contribution in [0.15, 0.2) is 36.7 Å². The maximum absolute atomic E-state index is 11.5. The van der Waals surface area contributed by atoms with Gasteiger partial charge in [0.15, 0.2) is 0 Å². The van der Waals surface area contributed by atoms with Crippen LogP contribution in [0.25, 0.3) is 0 Å². The van der Waals surface area contributed by atoms with Gasteiger partial charge in [-0.3, -0.25) is 9.69 Å². The maximum atomic E-state index is 11.5. The molecule has 1 N–H and O–H groups in total. The van der Waals surface area contributed by atoms with Gasteiger partial charge >= 0.3 is 5.97 Å². The van der Waals surface area contributed by atoms with Crippen LogP contribution >= 0.6 is 0 Å². The number of carboxylic acids is 1. The summed E-state index contributed by atoms with van der Waals surface area (Å²) in [5, 5.41) is 9.46. The number of nitrogens with zero attached hydrogens (tertiary/aromatic N) is 3. The monoisotopic (exact) mass is 271 g/mol. The zero-order chi connectivity index (χ0) is 14.1. The van der Waals surface area contributed by atoms with Crippen LogP contribution < -0.4 is 0 Å². The molecular weight excluding hydrogens is 254 g/mol. The van der Waals surface area contributed by atoms with Crippen molar-refractivity contribution >= 4 is 5.97 Å². The van der Waals surface area contributed by atoms with Crippen LogP contribution in [0.4, 0.5) is 0 Å². The molecule has 0 aliphatic carbocycles. The van der Waals surface area contributed by atoms with Gasteiger partial charge in [0.1, 0.15) is 11.9 Å². The van der Waals surface area contributed by atoms with Gasteiger partial charge in [0.25, 0.3) is 0 Å². The third kappa shape index (κ3) is 2.32. The van der Waals surface area contributed by atoms with Gasteiger partial charge in [0.05, 0.1) is 6.54 Å². The quantitative estimate of drug-likeness (QED) is 0.917. The van der Waals surface area contributed by atoms with Crippen molar-refractivity contribution < 1.29 is 9.90 Å². The molecule has 3 rings (SSSR count). The number of imidazole rings is 1. The molecular formula is C15H17N3O2. The molecule has 0 radical (unpaired) electrons. The Morgan fingerprint density at radius 1 is 1.40 bits per heavy atom. The fraction of sp³-hybridized carbons (Fsp3) is 0.333. The Bertz CT molecular complexity index is 636. The first-order valence-electron chi connectivity index (χ1n) is 6.65. The maximum Gasteiger partial charge on any atom is 0.321 e. The summed E-state index contributed by atoms with van der Waals surface area (Å²) in [6.07, 6.45) is 4.17. The van der Waals surface area contributed by atoms with Crippen molar-refractivity contribution in [3.8, 4) is 0 Å². The molecule has 2 aromatic rings. The van der Waals surface area contributed by atoms with Crippen LogP contribution in [0.2, 0.25) is 0 Å². The average molecular weight is 271 g/mol. The highest BCUT2D eigenvalue weighted by atomic mass is 16.4. The minimum absolute atomic E-state index is 0.485. The van der Waals surface area contributed by atoms with Gasteiger partial charge in [-0.2, -0.15) is 0 Å². The standard InChI is InChI=1S/C15H17N3O2/c1-17-7-6-16-14(17)10-18-9-12-5-3-2-4-11(12)8-13(18)15(19)20/h2-7,13H,8-10H2,1H3,(H,19,20)/t13-/m0/s1. The zero-order valence-corrected chi connectivity index (χ0v) is 11.4. The number of carboxylic acid groups (broad SMARTS) is 1.